The highest BCUT2D eigenvalue weighted by atomic mass is 32.2. The highest BCUT2D eigenvalue weighted by Gasteiger charge is 2.24. The predicted octanol–water partition coefficient (Wildman–Crippen LogP) is 3.40. The number of ether oxygens (including phenoxy) is 1. The monoisotopic (exact) mass is 453 g/mol. The quantitative estimate of drug-likeness (QED) is 0.456. The largest absolute Gasteiger partial charge is 0.438 e. The summed E-state index contributed by atoms with van der Waals surface area (Å²) >= 11 is 0. The third-order valence-electron chi connectivity index (χ3n) is 4.80. The summed E-state index contributed by atoms with van der Waals surface area (Å²) in [5.41, 5.74) is 2.36. The number of aromatic nitrogens is 6. The van der Waals surface area contributed by atoms with Crippen LogP contribution in [0.1, 0.15) is 24.0 Å². The molecule has 0 saturated carbocycles. The summed E-state index contributed by atoms with van der Waals surface area (Å²) < 4.78 is 37.4. The first kappa shape index (κ1) is 21.5. The molecule has 4 rings (SSSR count). The van der Waals surface area contributed by atoms with E-state index < -0.39 is 10.0 Å². The van der Waals surface area contributed by atoms with Gasteiger partial charge in [0.2, 0.25) is 5.88 Å². The third kappa shape index (κ3) is 4.33. The molecule has 3 heterocycles. The Balaban J connectivity index is 1.46. The third-order valence-corrected chi connectivity index (χ3v) is 6.43. The van der Waals surface area contributed by atoms with Crippen LogP contribution in [0, 0.1) is 20.8 Å². The van der Waals surface area contributed by atoms with Gasteiger partial charge in [-0.2, -0.15) is 10.2 Å². The van der Waals surface area contributed by atoms with E-state index in [9.17, 15) is 8.42 Å². The summed E-state index contributed by atoms with van der Waals surface area (Å²) in [4.78, 5) is 0.197. The van der Waals surface area contributed by atoms with Crippen LogP contribution in [0.4, 0.5) is 5.69 Å². The van der Waals surface area contributed by atoms with Gasteiger partial charge in [0, 0.05) is 24.5 Å². The molecule has 32 heavy (non-hydrogen) atoms. The van der Waals surface area contributed by atoms with E-state index in [-0.39, 0.29) is 4.90 Å². The second-order valence-corrected chi connectivity index (χ2v) is 8.80. The zero-order chi connectivity index (χ0) is 22.9. The Morgan fingerprint density at radius 2 is 1.72 bits per heavy atom. The van der Waals surface area contributed by atoms with Gasteiger partial charge in [0.25, 0.3) is 10.0 Å². The summed E-state index contributed by atoms with van der Waals surface area (Å²) in [6.45, 7) is 7.84. The van der Waals surface area contributed by atoms with Crippen molar-refractivity contribution in [1.82, 2.24) is 29.8 Å². The van der Waals surface area contributed by atoms with E-state index in [2.05, 4.69) is 25.1 Å². The van der Waals surface area contributed by atoms with Crippen LogP contribution in [0.25, 0.3) is 5.82 Å². The Morgan fingerprint density at radius 3 is 2.28 bits per heavy atom. The fourth-order valence-electron chi connectivity index (χ4n) is 3.33. The lowest BCUT2D eigenvalue weighted by atomic mass is 10.3. The highest BCUT2D eigenvalue weighted by molar-refractivity contribution is 7.92. The fourth-order valence-corrected chi connectivity index (χ4v) is 4.80. The fraction of sp³-hybridized carbons (Fsp3) is 0.238. The van der Waals surface area contributed by atoms with Crippen LogP contribution in [-0.2, 0) is 16.6 Å². The van der Waals surface area contributed by atoms with E-state index in [1.807, 2.05) is 19.9 Å². The molecule has 0 saturated heterocycles. The lowest BCUT2D eigenvalue weighted by Gasteiger charge is -2.10. The van der Waals surface area contributed by atoms with Gasteiger partial charge in [-0.05, 0) is 64.1 Å². The summed E-state index contributed by atoms with van der Waals surface area (Å²) in [5.74, 6) is 1.38. The van der Waals surface area contributed by atoms with Crippen molar-refractivity contribution in [2.75, 3.05) is 4.72 Å². The van der Waals surface area contributed by atoms with E-state index in [0.29, 0.717) is 41.1 Å². The van der Waals surface area contributed by atoms with Gasteiger partial charge < -0.3 is 4.74 Å². The SMILES string of the molecule is CCn1nc(C)c(S(=O)(=O)Nc2ccc(Oc3ccc(-n4ccc(C)n4)nn3)cc2)c1C. The number of aryl methyl sites for hydroxylation is 3. The Bertz CT molecular complexity index is 1340. The van der Waals surface area contributed by atoms with Gasteiger partial charge >= 0.3 is 0 Å². The first-order chi connectivity index (χ1) is 15.3. The molecule has 0 amide bonds. The molecule has 0 unspecified atom stereocenters. The minimum Gasteiger partial charge on any atom is -0.438 e. The molecular formula is C21H23N7O3S. The van der Waals surface area contributed by atoms with Crippen molar-refractivity contribution in [3.63, 3.8) is 0 Å². The van der Waals surface area contributed by atoms with Crippen molar-refractivity contribution in [1.29, 1.82) is 0 Å². The zero-order valence-corrected chi connectivity index (χ0v) is 19.0. The van der Waals surface area contributed by atoms with Crippen molar-refractivity contribution in [2.24, 2.45) is 0 Å². The maximum Gasteiger partial charge on any atom is 0.265 e. The molecule has 1 aromatic carbocycles. The van der Waals surface area contributed by atoms with E-state index in [4.69, 9.17) is 4.74 Å². The summed E-state index contributed by atoms with van der Waals surface area (Å²) in [5, 5.41) is 16.7. The summed E-state index contributed by atoms with van der Waals surface area (Å²) in [6, 6.07) is 11.9. The van der Waals surface area contributed by atoms with Gasteiger partial charge in [-0.25, -0.2) is 13.1 Å². The molecule has 0 spiro atoms. The van der Waals surface area contributed by atoms with E-state index in [1.165, 1.54) is 0 Å². The summed E-state index contributed by atoms with van der Waals surface area (Å²) in [6.07, 6.45) is 1.80. The number of hydrogen-bond acceptors (Lipinski definition) is 7. The molecule has 0 bridgehead atoms. The van der Waals surface area contributed by atoms with Gasteiger partial charge in [-0.15, -0.1) is 10.2 Å². The van der Waals surface area contributed by atoms with Gasteiger partial charge in [0.05, 0.1) is 17.1 Å². The number of benzene rings is 1. The van der Waals surface area contributed by atoms with Crippen LogP contribution in [0.5, 0.6) is 11.6 Å². The molecule has 0 aliphatic heterocycles. The predicted molar refractivity (Wildman–Crippen MR) is 119 cm³/mol. The average molecular weight is 454 g/mol. The number of rotatable bonds is 7. The molecule has 0 aliphatic carbocycles. The molecule has 0 atom stereocenters. The minimum absolute atomic E-state index is 0.197. The second-order valence-electron chi connectivity index (χ2n) is 7.18. The van der Waals surface area contributed by atoms with Crippen LogP contribution < -0.4 is 9.46 Å². The Hall–Kier alpha value is -3.73. The van der Waals surface area contributed by atoms with Crippen LogP contribution in [0.15, 0.2) is 53.6 Å². The molecule has 3 aromatic heterocycles. The molecule has 0 aliphatic rings. The molecule has 4 aromatic rings. The summed E-state index contributed by atoms with van der Waals surface area (Å²) in [7, 11) is -3.77. The number of sulfonamides is 1. The maximum absolute atomic E-state index is 12.9. The van der Waals surface area contributed by atoms with Crippen molar-refractivity contribution >= 4 is 15.7 Å². The van der Waals surface area contributed by atoms with Gasteiger partial charge in [-0.3, -0.25) is 9.40 Å². The van der Waals surface area contributed by atoms with Crippen molar-refractivity contribution in [3.05, 3.63) is 65.7 Å². The number of anilines is 1. The molecule has 0 fully saturated rings. The molecule has 0 radical (unpaired) electrons. The highest BCUT2D eigenvalue weighted by Crippen LogP contribution is 2.25. The molecule has 10 nitrogen and oxygen atoms in total. The lowest BCUT2D eigenvalue weighted by Crippen LogP contribution is -2.15. The lowest BCUT2D eigenvalue weighted by molar-refractivity contribution is 0.454. The van der Waals surface area contributed by atoms with E-state index >= 15 is 0 Å². The van der Waals surface area contributed by atoms with Crippen molar-refractivity contribution in [2.45, 2.75) is 39.1 Å². The van der Waals surface area contributed by atoms with Gasteiger partial charge in [0.1, 0.15) is 10.6 Å². The smallest absolute Gasteiger partial charge is 0.265 e. The molecule has 1 N–H and O–H groups in total. The number of hydrogen-bond donors (Lipinski definition) is 1. The number of nitrogens with zero attached hydrogens (tertiary/aromatic N) is 6. The molecule has 166 valence electrons. The van der Waals surface area contributed by atoms with E-state index in [0.717, 1.165) is 5.69 Å². The first-order valence-electron chi connectivity index (χ1n) is 9.98. The Labute approximate surface area is 185 Å². The average Bonchev–Trinajstić information content (AvgIpc) is 3.32. The molecule has 11 heteroatoms. The van der Waals surface area contributed by atoms with Crippen LogP contribution in [0.2, 0.25) is 0 Å². The topological polar surface area (TPSA) is 117 Å². The normalized spacial score (nSPS) is 11.5. The van der Waals surface area contributed by atoms with Crippen LogP contribution in [0.3, 0.4) is 0 Å². The van der Waals surface area contributed by atoms with Crippen molar-refractivity contribution in [3.8, 4) is 17.4 Å². The van der Waals surface area contributed by atoms with Crippen LogP contribution in [-0.4, -0.2) is 38.2 Å². The maximum atomic E-state index is 12.9. The van der Waals surface area contributed by atoms with Crippen LogP contribution >= 0.6 is 0 Å². The minimum atomic E-state index is -3.77. The Morgan fingerprint density at radius 1 is 0.969 bits per heavy atom. The standard InChI is InChI=1S/C21H23N7O3S/c1-5-27-16(4)21(15(3)25-27)32(29,30)26-17-6-8-18(9-7-17)31-20-11-10-19(22-23-20)28-13-12-14(2)24-28/h6-13,26H,5H2,1-4H3. The van der Waals surface area contributed by atoms with Gasteiger partial charge in [0.15, 0.2) is 5.82 Å². The Kier molecular flexibility index (Phi) is 5.66. The number of nitrogens with one attached hydrogen (secondary N) is 1. The first-order valence-corrected chi connectivity index (χ1v) is 11.5. The zero-order valence-electron chi connectivity index (χ0n) is 18.1. The second kappa shape index (κ2) is 8.42. The van der Waals surface area contributed by atoms with Gasteiger partial charge in [-0.1, -0.05) is 0 Å². The molecular weight excluding hydrogens is 430 g/mol. The van der Waals surface area contributed by atoms with E-state index in [1.54, 1.807) is 65.8 Å². The van der Waals surface area contributed by atoms with Crippen molar-refractivity contribution < 1.29 is 13.2 Å².